The monoisotopic (exact) mass is 248 g/mol. The number of nitrogens with zero attached hydrogens (tertiary/aromatic N) is 1. The van der Waals surface area contributed by atoms with E-state index in [4.69, 9.17) is 4.74 Å². The Hall–Kier alpha value is -1.58. The SMILES string of the molecule is COC(=O)c1ccc(NC2CCCC2C)nc1C. The molecule has 4 heteroatoms. The fraction of sp³-hybridized carbons (Fsp3) is 0.571. The van der Waals surface area contributed by atoms with Crippen LogP contribution in [0, 0.1) is 12.8 Å². The van der Waals surface area contributed by atoms with E-state index in [1.165, 1.54) is 26.4 Å². The van der Waals surface area contributed by atoms with Crippen molar-refractivity contribution >= 4 is 11.8 Å². The van der Waals surface area contributed by atoms with Crippen LogP contribution in [0.25, 0.3) is 0 Å². The topological polar surface area (TPSA) is 51.2 Å². The molecule has 0 bridgehead atoms. The Kier molecular flexibility index (Phi) is 3.84. The first-order valence-electron chi connectivity index (χ1n) is 6.44. The number of aromatic nitrogens is 1. The number of hydrogen-bond acceptors (Lipinski definition) is 4. The van der Waals surface area contributed by atoms with Crippen LogP contribution < -0.4 is 5.32 Å². The molecule has 0 aliphatic heterocycles. The molecule has 1 fully saturated rings. The summed E-state index contributed by atoms with van der Waals surface area (Å²) in [5, 5.41) is 3.45. The molecular formula is C14H20N2O2. The van der Waals surface area contributed by atoms with Gasteiger partial charge in [0, 0.05) is 6.04 Å². The second kappa shape index (κ2) is 5.38. The molecule has 2 unspecified atom stereocenters. The van der Waals surface area contributed by atoms with E-state index in [-0.39, 0.29) is 5.97 Å². The van der Waals surface area contributed by atoms with E-state index in [1.54, 1.807) is 6.07 Å². The minimum atomic E-state index is -0.333. The molecule has 18 heavy (non-hydrogen) atoms. The van der Waals surface area contributed by atoms with Gasteiger partial charge in [0.15, 0.2) is 0 Å². The highest BCUT2D eigenvalue weighted by Crippen LogP contribution is 2.27. The van der Waals surface area contributed by atoms with Gasteiger partial charge in [-0.05, 0) is 37.8 Å². The van der Waals surface area contributed by atoms with Crippen molar-refractivity contribution in [1.29, 1.82) is 0 Å². The summed E-state index contributed by atoms with van der Waals surface area (Å²) in [4.78, 5) is 15.9. The first-order valence-corrected chi connectivity index (χ1v) is 6.44. The number of esters is 1. The van der Waals surface area contributed by atoms with E-state index in [9.17, 15) is 4.79 Å². The quantitative estimate of drug-likeness (QED) is 0.836. The Labute approximate surface area is 108 Å². The largest absolute Gasteiger partial charge is 0.465 e. The number of methoxy groups -OCH3 is 1. The number of aryl methyl sites for hydroxylation is 1. The standard InChI is InChI=1S/C14H20N2O2/c1-9-5-4-6-12(9)16-13-8-7-11(10(2)15-13)14(17)18-3/h7-9,12H,4-6H2,1-3H3,(H,15,16). The molecule has 0 saturated heterocycles. The van der Waals surface area contributed by atoms with E-state index >= 15 is 0 Å². The minimum absolute atomic E-state index is 0.333. The number of carbonyl (C=O) groups excluding carboxylic acids is 1. The van der Waals surface area contributed by atoms with Gasteiger partial charge in [-0.25, -0.2) is 9.78 Å². The molecule has 2 rings (SSSR count). The zero-order valence-corrected chi connectivity index (χ0v) is 11.2. The maximum absolute atomic E-state index is 11.5. The molecule has 1 aliphatic carbocycles. The van der Waals surface area contributed by atoms with Crippen molar-refractivity contribution in [2.24, 2.45) is 5.92 Å². The van der Waals surface area contributed by atoms with Gasteiger partial charge in [-0.1, -0.05) is 13.3 Å². The van der Waals surface area contributed by atoms with Crippen LogP contribution in [0.4, 0.5) is 5.82 Å². The number of rotatable bonds is 3. The second-order valence-electron chi connectivity index (χ2n) is 4.98. The second-order valence-corrected chi connectivity index (χ2v) is 4.98. The van der Waals surface area contributed by atoms with Gasteiger partial charge in [-0.2, -0.15) is 0 Å². The van der Waals surface area contributed by atoms with Gasteiger partial charge in [-0.15, -0.1) is 0 Å². The van der Waals surface area contributed by atoms with Crippen molar-refractivity contribution in [3.05, 3.63) is 23.4 Å². The fourth-order valence-electron chi connectivity index (χ4n) is 2.52. The predicted octanol–water partition coefficient (Wildman–Crippen LogP) is 2.78. The molecule has 0 radical (unpaired) electrons. The van der Waals surface area contributed by atoms with Crippen molar-refractivity contribution < 1.29 is 9.53 Å². The molecule has 4 nitrogen and oxygen atoms in total. The van der Waals surface area contributed by atoms with E-state index in [2.05, 4.69) is 17.2 Å². The maximum atomic E-state index is 11.5. The molecule has 98 valence electrons. The van der Waals surface area contributed by atoms with Crippen LogP contribution >= 0.6 is 0 Å². The van der Waals surface area contributed by atoms with Crippen molar-refractivity contribution in [2.75, 3.05) is 12.4 Å². The lowest BCUT2D eigenvalue weighted by Gasteiger charge is -2.18. The van der Waals surface area contributed by atoms with Gasteiger partial charge in [0.05, 0.1) is 18.4 Å². The third-order valence-electron chi connectivity index (χ3n) is 3.69. The van der Waals surface area contributed by atoms with E-state index in [1.807, 2.05) is 13.0 Å². The molecular weight excluding hydrogens is 228 g/mol. The molecule has 1 aromatic heterocycles. The molecule has 1 aromatic rings. The molecule has 1 heterocycles. The molecule has 0 amide bonds. The summed E-state index contributed by atoms with van der Waals surface area (Å²) in [6.07, 6.45) is 3.75. The summed E-state index contributed by atoms with van der Waals surface area (Å²) in [5.74, 6) is 1.20. The van der Waals surface area contributed by atoms with E-state index < -0.39 is 0 Å². The normalized spacial score (nSPS) is 22.8. The van der Waals surface area contributed by atoms with E-state index in [0.717, 1.165) is 5.82 Å². The lowest BCUT2D eigenvalue weighted by Crippen LogP contribution is -2.22. The lowest BCUT2D eigenvalue weighted by molar-refractivity contribution is 0.0599. The molecule has 2 atom stereocenters. The van der Waals surface area contributed by atoms with Gasteiger partial charge in [0.25, 0.3) is 0 Å². The Balaban J connectivity index is 2.11. The lowest BCUT2D eigenvalue weighted by atomic mass is 10.1. The van der Waals surface area contributed by atoms with Crippen LogP contribution in [0.3, 0.4) is 0 Å². The predicted molar refractivity (Wildman–Crippen MR) is 70.7 cm³/mol. The fourth-order valence-corrected chi connectivity index (χ4v) is 2.52. The maximum Gasteiger partial charge on any atom is 0.339 e. The summed E-state index contributed by atoms with van der Waals surface area (Å²) >= 11 is 0. The molecule has 1 aliphatic rings. The number of carbonyl (C=O) groups is 1. The van der Waals surface area contributed by atoms with Crippen LogP contribution in [0.5, 0.6) is 0 Å². The zero-order valence-electron chi connectivity index (χ0n) is 11.2. The number of pyridine rings is 1. The Morgan fingerprint density at radius 3 is 2.78 bits per heavy atom. The highest BCUT2D eigenvalue weighted by molar-refractivity contribution is 5.90. The average Bonchev–Trinajstić information content (AvgIpc) is 2.74. The first kappa shape index (κ1) is 12.9. The Bertz CT molecular complexity index is 445. The molecule has 0 aromatic carbocycles. The Morgan fingerprint density at radius 2 is 2.22 bits per heavy atom. The van der Waals surface area contributed by atoms with Crippen LogP contribution in [0.1, 0.15) is 42.2 Å². The van der Waals surface area contributed by atoms with Crippen LogP contribution in [0.2, 0.25) is 0 Å². The van der Waals surface area contributed by atoms with Gasteiger partial charge in [0.1, 0.15) is 5.82 Å². The van der Waals surface area contributed by atoms with Gasteiger partial charge in [0.2, 0.25) is 0 Å². The molecule has 0 spiro atoms. The van der Waals surface area contributed by atoms with Crippen molar-refractivity contribution in [2.45, 2.75) is 39.2 Å². The van der Waals surface area contributed by atoms with Gasteiger partial charge >= 0.3 is 5.97 Å². The highest BCUT2D eigenvalue weighted by Gasteiger charge is 2.23. The highest BCUT2D eigenvalue weighted by atomic mass is 16.5. The van der Waals surface area contributed by atoms with Crippen molar-refractivity contribution in [1.82, 2.24) is 4.98 Å². The number of nitrogens with one attached hydrogen (secondary N) is 1. The third-order valence-corrected chi connectivity index (χ3v) is 3.69. The van der Waals surface area contributed by atoms with Crippen LogP contribution in [0.15, 0.2) is 12.1 Å². The van der Waals surface area contributed by atoms with Crippen LogP contribution in [-0.4, -0.2) is 24.1 Å². The van der Waals surface area contributed by atoms with Gasteiger partial charge in [-0.3, -0.25) is 0 Å². The zero-order chi connectivity index (χ0) is 13.1. The smallest absolute Gasteiger partial charge is 0.339 e. The van der Waals surface area contributed by atoms with E-state index in [0.29, 0.717) is 23.2 Å². The number of anilines is 1. The van der Waals surface area contributed by atoms with Crippen LogP contribution in [-0.2, 0) is 4.74 Å². The van der Waals surface area contributed by atoms with Gasteiger partial charge < -0.3 is 10.1 Å². The summed E-state index contributed by atoms with van der Waals surface area (Å²) in [6, 6.07) is 4.13. The molecule has 1 saturated carbocycles. The summed E-state index contributed by atoms with van der Waals surface area (Å²) in [7, 11) is 1.38. The average molecular weight is 248 g/mol. The Morgan fingerprint density at radius 1 is 1.44 bits per heavy atom. The molecule has 1 N–H and O–H groups in total. The number of ether oxygens (including phenoxy) is 1. The number of hydrogen-bond donors (Lipinski definition) is 1. The minimum Gasteiger partial charge on any atom is -0.465 e. The van der Waals surface area contributed by atoms with Crippen molar-refractivity contribution in [3.8, 4) is 0 Å². The summed E-state index contributed by atoms with van der Waals surface area (Å²) in [6.45, 7) is 4.09. The summed E-state index contributed by atoms with van der Waals surface area (Å²) < 4.78 is 4.71. The first-order chi connectivity index (χ1) is 8.61. The van der Waals surface area contributed by atoms with Crippen molar-refractivity contribution in [3.63, 3.8) is 0 Å². The summed E-state index contributed by atoms with van der Waals surface area (Å²) in [5.41, 5.74) is 1.24. The third kappa shape index (κ3) is 2.63.